The van der Waals surface area contributed by atoms with Gasteiger partial charge in [-0.2, -0.15) is 0 Å². The van der Waals surface area contributed by atoms with Crippen LogP contribution in [0, 0.1) is 5.82 Å². The van der Waals surface area contributed by atoms with Crippen LogP contribution in [0.1, 0.15) is 18.4 Å². The molecule has 0 radical (unpaired) electrons. The molecule has 0 aromatic heterocycles. The monoisotopic (exact) mass is 321 g/mol. The maximum Gasteiger partial charge on any atom is 0.315 e. The summed E-state index contributed by atoms with van der Waals surface area (Å²) in [5, 5.41) is 0. The topological polar surface area (TPSA) is 75.9 Å². The Balaban J connectivity index is 1.45. The number of hydrogen-bond donors (Lipinski definition) is 1. The van der Waals surface area contributed by atoms with Crippen molar-refractivity contribution in [2.24, 2.45) is 5.73 Å². The van der Waals surface area contributed by atoms with Crippen molar-refractivity contribution in [1.82, 2.24) is 9.80 Å². The van der Waals surface area contributed by atoms with Gasteiger partial charge >= 0.3 is 6.03 Å². The van der Waals surface area contributed by atoms with E-state index in [0.717, 1.165) is 12.0 Å². The highest BCUT2D eigenvalue weighted by Gasteiger charge is 2.40. The molecule has 6 nitrogen and oxygen atoms in total. The number of amides is 3. The van der Waals surface area contributed by atoms with Crippen LogP contribution in [0.2, 0.25) is 0 Å². The molecule has 2 fully saturated rings. The number of nitrogens with zero attached hydrogens (tertiary/aromatic N) is 2. The minimum atomic E-state index is -0.541. The number of hydrogen-bond acceptors (Lipinski definition) is 3. The molecule has 124 valence electrons. The second kappa shape index (κ2) is 6.54. The van der Waals surface area contributed by atoms with E-state index in [9.17, 15) is 14.0 Å². The fourth-order valence-corrected chi connectivity index (χ4v) is 3.06. The second-order valence-electron chi connectivity index (χ2n) is 6.00. The number of ether oxygens (including phenoxy) is 1. The van der Waals surface area contributed by atoms with Gasteiger partial charge in [0.2, 0.25) is 5.91 Å². The first-order valence-corrected chi connectivity index (χ1v) is 7.75. The lowest BCUT2D eigenvalue weighted by Crippen LogP contribution is -2.59. The molecule has 1 aromatic carbocycles. The lowest BCUT2D eigenvalue weighted by Gasteiger charge is -2.41. The molecule has 0 spiro atoms. The number of benzene rings is 1. The summed E-state index contributed by atoms with van der Waals surface area (Å²) in [6, 6.07) is 5.29. The third-order valence-electron chi connectivity index (χ3n) is 4.36. The zero-order chi connectivity index (χ0) is 16.4. The van der Waals surface area contributed by atoms with Crippen LogP contribution >= 0.6 is 0 Å². The summed E-state index contributed by atoms with van der Waals surface area (Å²) < 4.78 is 18.7. The van der Waals surface area contributed by atoms with Gasteiger partial charge in [-0.15, -0.1) is 0 Å². The Bertz CT molecular complexity index is 604. The number of carbonyl (C=O) groups excluding carboxylic acids is 2. The van der Waals surface area contributed by atoms with Crippen LogP contribution < -0.4 is 5.73 Å². The van der Waals surface area contributed by atoms with Crippen LogP contribution in [-0.4, -0.2) is 53.5 Å². The van der Waals surface area contributed by atoms with Gasteiger partial charge < -0.3 is 20.3 Å². The normalized spacial score (nSPS) is 21.3. The highest BCUT2D eigenvalue weighted by Crippen LogP contribution is 2.23. The van der Waals surface area contributed by atoms with Crippen molar-refractivity contribution in [2.45, 2.75) is 31.6 Å². The molecule has 0 bridgehead atoms. The van der Waals surface area contributed by atoms with Gasteiger partial charge in [0.1, 0.15) is 11.9 Å². The first-order chi connectivity index (χ1) is 11.0. The van der Waals surface area contributed by atoms with Gasteiger partial charge in [0.15, 0.2) is 0 Å². The molecule has 23 heavy (non-hydrogen) atoms. The van der Waals surface area contributed by atoms with Crippen molar-refractivity contribution in [2.75, 3.05) is 19.6 Å². The molecule has 2 aliphatic heterocycles. The molecule has 3 amide bonds. The van der Waals surface area contributed by atoms with E-state index < -0.39 is 12.1 Å². The minimum Gasteiger partial charge on any atom is -0.370 e. The lowest BCUT2D eigenvalue weighted by atomic mass is 10.1. The summed E-state index contributed by atoms with van der Waals surface area (Å²) in [6.45, 7) is 1.86. The number of nitrogens with two attached hydrogens (primary N) is 1. The number of carbonyl (C=O) groups is 2. The van der Waals surface area contributed by atoms with Crippen LogP contribution in [0.3, 0.4) is 0 Å². The molecule has 1 atom stereocenters. The Morgan fingerprint density at radius 3 is 2.83 bits per heavy atom. The molecule has 3 rings (SSSR count). The number of urea groups is 1. The third-order valence-corrected chi connectivity index (χ3v) is 4.36. The summed E-state index contributed by atoms with van der Waals surface area (Å²) in [5.41, 5.74) is 6.07. The van der Waals surface area contributed by atoms with Crippen LogP contribution in [0.15, 0.2) is 24.3 Å². The molecular formula is C16H20FN3O3. The number of rotatable bonds is 4. The molecular weight excluding hydrogens is 301 g/mol. The SMILES string of the molecule is NC(=O)N1CCC[C@H]1C(=O)N1CC(OCc2cccc(F)c2)C1. The standard InChI is InChI=1S/C16H20FN3O3/c17-12-4-1-3-11(7-12)10-23-13-8-19(9-13)15(21)14-5-2-6-20(14)16(18)22/h1,3-4,7,13-14H,2,5-6,8-10H2,(H2,18,22)/t14-/m0/s1. The van der Waals surface area contributed by atoms with Crippen molar-refractivity contribution in [3.63, 3.8) is 0 Å². The van der Waals surface area contributed by atoms with Gasteiger partial charge in [-0.1, -0.05) is 12.1 Å². The van der Waals surface area contributed by atoms with Crippen molar-refractivity contribution in [3.05, 3.63) is 35.6 Å². The Morgan fingerprint density at radius 1 is 1.35 bits per heavy atom. The van der Waals surface area contributed by atoms with Gasteiger partial charge in [0, 0.05) is 19.6 Å². The van der Waals surface area contributed by atoms with E-state index in [2.05, 4.69) is 0 Å². The fourth-order valence-electron chi connectivity index (χ4n) is 3.06. The predicted octanol–water partition coefficient (Wildman–Crippen LogP) is 1.10. The van der Waals surface area contributed by atoms with E-state index in [-0.39, 0.29) is 17.8 Å². The van der Waals surface area contributed by atoms with E-state index in [4.69, 9.17) is 10.5 Å². The minimum absolute atomic E-state index is 0.0503. The van der Waals surface area contributed by atoms with Crippen LogP contribution in [-0.2, 0) is 16.1 Å². The van der Waals surface area contributed by atoms with E-state index in [0.29, 0.717) is 32.7 Å². The third kappa shape index (κ3) is 3.44. The summed E-state index contributed by atoms with van der Waals surface area (Å²) in [4.78, 5) is 26.8. The Morgan fingerprint density at radius 2 is 2.13 bits per heavy atom. The smallest absolute Gasteiger partial charge is 0.315 e. The zero-order valence-electron chi connectivity index (χ0n) is 12.8. The number of primary amides is 1. The molecule has 7 heteroatoms. The fraction of sp³-hybridized carbons (Fsp3) is 0.500. The van der Waals surface area contributed by atoms with Crippen molar-refractivity contribution < 1.29 is 18.7 Å². The van der Waals surface area contributed by atoms with E-state index in [1.54, 1.807) is 17.0 Å². The van der Waals surface area contributed by atoms with Crippen LogP contribution in [0.4, 0.5) is 9.18 Å². The predicted molar refractivity (Wildman–Crippen MR) is 80.9 cm³/mol. The van der Waals surface area contributed by atoms with Crippen molar-refractivity contribution >= 4 is 11.9 Å². The highest BCUT2D eigenvalue weighted by molar-refractivity contribution is 5.87. The Labute approximate surface area is 134 Å². The molecule has 2 heterocycles. The summed E-state index contributed by atoms with van der Waals surface area (Å²) in [5.74, 6) is -0.351. The molecule has 0 saturated carbocycles. The van der Waals surface area contributed by atoms with Gasteiger partial charge in [0.05, 0.1) is 12.7 Å². The van der Waals surface area contributed by atoms with Gasteiger partial charge in [-0.3, -0.25) is 4.79 Å². The summed E-state index contributed by atoms with van der Waals surface area (Å²) in [6.07, 6.45) is 1.41. The molecule has 2 N–H and O–H groups in total. The first kappa shape index (κ1) is 15.7. The average Bonchev–Trinajstić information content (AvgIpc) is 2.95. The van der Waals surface area contributed by atoms with Crippen LogP contribution in [0.25, 0.3) is 0 Å². The van der Waals surface area contributed by atoms with E-state index in [1.165, 1.54) is 17.0 Å². The van der Waals surface area contributed by atoms with Gasteiger partial charge in [0.25, 0.3) is 0 Å². The molecule has 1 aromatic rings. The second-order valence-corrected chi connectivity index (χ2v) is 6.00. The van der Waals surface area contributed by atoms with E-state index >= 15 is 0 Å². The first-order valence-electron chi connectivity index (χ1n) is 7.75. The Kier molecular flexibility index (Phi) is 4.47. The summed E-state index contributed by atoms with van der Waals surface area (Å²) >= 11 is 0. The number of halogens is 1. The highest BCUT2D eigenvalue weighted by atomic mass is 19.1. The average molecular weight is 321 g/mol. The molecule has 0 unspecified atom stereocenters. The van der Waals surface area contributed by atoms with Crippen LogP contribution in [0.5, 0.6) is 0 Å². The number of likely N-dealkylation sites (tertiary alicyclic amines) is 2. The quantitative estimate of drug-likeness (QED) is 0.902. The van der Waals surface area contributed by atoms with Gasteiger partial charge in [-0.25, -0.2) is 9.18 Å². The van der Waals surface area contributed by atoms with Crippen molar-refractivity contribution in [3.8, 4) is 0 Å². The van der Waals surface area contributed by atoms with E-state index in [1.807, 2.05) is 0 Å². The van der Waals surface area contributed by atoms with Gasteiger partial charge in [-0.05, 0) is 30.5 Å². The molecule has 0 aliphatic carbocycles. The Hall–Kier alpha value is -2.15. The maximum atomic E-state index is 13.1. The maximum absolute atomic E-state index is 13.1. The largest absolute Gasteiger partial charge is 0.370 e. The lowest BCUT2D eigenvalue weighted by molar-refractivity contribution is -0.149. The zero-order valence-corrected chi connectivity index (χ0v) is 12.8. The summed E-state index contributed by atoms with van der Waals surface area (Å²) in [7, 11) is 0. The van der Waals surface area contributed by atoms with Crippen molar-refractivity contribution in [1.29, 1.82) is 0 Å². The molecule has 2 aliphatic rings. The molecule has 2 saturated heterocycles.